The van der Waals surface area contributed by atoms with Crippen LogP contribution in [0.1, 0.15) is 15.9 Å². The Hall–Kier alpha value is -2.82. The molecule has 3 rings (SSSR count). The lowest BCUT2D eigenvalue weighted by molar-refractivity contribution is 0.0950. The minimum Gasteiger partial charge on any atom is -0.399 e. The van der Waals surface area contributed by atoms with E-state index in [2.05, 4.69) is 10.3 Å². The molecule has 3 N–H and O–H groups in total. The number of amides is 1. The van der Waals surface area contributed by atoms with Crippen LogP contribution in [0.3, 0.4) is 0 Å². The van der Waals surface area contributed by atoms with Crippen LogP contribution < -0.4 is 11.1 Å². The number of carbonyl (C=O) groups excluding carboxylic acids is 1. The second-order valence-electron chi connectivity index (χ2n) is 4.53. The van der Waals surface area contributed by atoms with Crippen molar-refractivity contribution in [3.63, 3.8) is 0 Å². The maximum absolute atomic E-state index is 12.1. The van der Waals surface area contributed by atoms with Crippen LogP contribution in [0.15, 0.2) is 55.0 Å². The fraction of sp³-hybridized carbons (Fsp3) is 0.0667. The maximum atomic E-state index is 12.1. The van der Waals surface area contributed by atoms with Gasteiger partial charge in [-0.05, 0) is 29.8 Å². The van der Waals surface area contributed by atoms with E-state index >= 15 is 0 Å². The summed E-state index contributed by atoms with van der Waals surface area (Å²) in [6, 6.07) is 11.0. The molecular weight excluding hydrogens is 252 g/mol. The highest BCUT2D eigenvalue weighted by molar-refractivity contribution is 5.94. The van der Waals surface area contributed by atoms with Crippen LogP contribution in [0, 0.1) is 0 Å². The Bertz CT molecular complexity index is 746. The highest BCUT2D eigenvalue weighted by Crippen LogP contribution is 2.07. The lowest BCUT2D eigenvalue weighted by atomic mass is 10.2. The van der Waals surface area contributed by atoms with Crippen molar-refractivity contribution in [2.45, 2.75) is 6.54 Å². The summed E-state index contributed by atoms with van der Waals surface area (Å²) < 4.78 is 1.82. The molecule has 5 heteroatoms. The molecule has 5 nitrogen and oxygen atoms in total. The van der Waals surface area contributed by atoms with Crippen LogP contribution in [-0.2, 0) is 6.54 Å². The number of nitrogen functional groups attached to an aromatic ring is 1. The molecule has 0 unspecified atom stereocenters. The summed E-state index contributed by atoms with van der Waals surface area (Å²) in [5, 5.41) is 2.88. The van der Waals surface area contributed by atoms with Gasteiger partial charge in [0.1, 0.15) is 5.65 Å². The van der Waals surface area contributed by atoms with Crippen LogP contribution in [0.2, 0.25) is 0 Å². The number of hydrogen-bond acceptors (Lipinski definition) is 3. The Morgan fingerprint density at radius 1 is 1.20 bits per heavy atom. The highest BCUT2D eigenvalue weighted by Gasteiger charge is 2.06. The molecule has 100 valence electrons. The van der Waals surface area contributed by atoms with Crippen molar-refractivity contribution in [3.05, 3.63) is 66.1 Å². The number of fused-ring (bicyclic) bond motifs is 1. The smallest absolute Gasteiger partial charge is 0.253 e. The number of anilines is 1. The van der Waals surface area contributed by atoms with Gasteiger partial charge in [0, 0.05) is 30.8 Å². The van der Waals surface area contributed by atoms with Gasteiger partial charge in [-0.15, -0.1) is 0 Å². The van der Waals surface area contributed by atoms with Gasteiger partial charge < -0.3 is 15.5 Å². The molecule has 1 amide bonds. The minimum atomic E-state index is -0.113. The van der Waals surface area contributed by atoms with Gasteiger partial charge in [-0.2, -0.15) is 0 Å². The quantitative estimate of drug-likeness (QED) is 0.710. The SMILES string of the molecule is Nc1ccc(CNC(=O)c2ccc3nccn3c2)cc1. The molecule has 2 heterocycles. The first-order valence-electron chi connectivity index (χ1n) is 6.28. The monoisotopic (exact) mass is 266 g/mol. The number of imidazole rings is 1. The van der Waals surface area contributed by atoms with Crippen molar-refractivity contribution in [2.75, 3.05) is 5.73 Å². The van der Waals surface area contributed by atoms with Gasteiger partial charge in [0.05, 0.1) is 5.56 Å². The maximum Gasteiger partial charge on any atom is 0.253 e. The number of pyridine rings is 1. The molecule has 0 spiro atoms. The van der Waals surface area contributed by atoms with E-state index in [4.69, 9.17) is 5.73 Å². The van der Waals surface area contributed by atoms with Crippen molar-refractivity contribution < 1.29 is 4.79 Å². The number of hydrogen-bond donors (Lipinski definition) is 2. The second-order valence-corrected chi connectivity index (χ2v) is 4.53. The van der Waals surface area contributed by atoms with E-state index in [9.17, 15) is 4.79 Å². The molecule has 0 aliphatic rings. The fourth-order valence-corrected chi connectivity index (χ4v) is 1.97. The topological polar surface area (TPSA) is 72.4 Å². The van der Waals surface area contributed by atoms with Crippen molar-refractivity contribution >= 4 is 17.2 Å². The summed E-state index contributed by atoms with van der Waals surface area (Å²) in [5.41, 5.74) is 8.77. The van der Waals surface area contributed by atoms with E-state index in [0.717, 1.165) is 11.2 Å². The Morgan fingerprint density at radius 2 is 2.00 bits per heavy atom. The Kier molecular flexibility index (Phi) is 3.09. The van der Waals surface area contributed by atoms with Gasteiger partial charge in [-0.1, -0.05) is 12.1 Å². The zero-order chi connectivity index (χ0) is 13.9. The van der Waals surface area contributed by atoms with Crippen molar-refractivity contribution in [1.82, 2.24) is 14.7 Å². The standard InChI is InChI=1S/C15H14N4O/c16-13-4-1-11(2-5-13)9-18-15(20)12-3-6-14-17-7-8-19(14)10-12/h1-8,10H,9,16H2,(H,18,20). The number of nitrogens with one attached hydrogen (secondary N) is 1. The normalized spacial score (nSPS) is 10.6. The first kappa shape index (κ1) is 12.2. The zero-order valence-corrected chi connectivity index (χ0v) is 10.8. The molecule has 0 radical (unpaired) electrons. The van der Waals surface area contributed by atoms with Gasteiger partial charge in [0.25, 0.3) is 5.91 Å². The first-order valence-corrected chi connectivity index (χ1v) is 6.28. The molecule has 0 aliphatic heterocycles. The molecule has 0 saturated heterocycles. The Balaban J connectivity index is 1.70. The number of benzene rings is 1. The Labute approximate surface area is 116 Å². The van der Waals surface area contributed by atoms with Gasteiger partial charge in [0.2, 0.25) is 0 Å². The third kappa shape index (κ3) is 2.47. The number of carbonyl (C=O) groups is 1. The van der Waals surface area contributed by atoms with E-state index < -0.39 is 0 Å². The summed E-state index contributed by atoms with van der Waals surface area (Å²) in [7, 11) is 0. The third-order valence-electron chi connectivity index (χ3n) is 3.08. The summed E-state index contributed by atoms with van der Waals surface area (Å²) in [4.78, 5) is 16.2. The lowest BCUT2D eigenvalue weighted by Gasteiger charge is -2.06. The molecule has 0 fully saturated rings. The van der Waals surface area contributed by atoms with Gasteiger partial charge in [-0.3, -0.25) is 4.79 Å². The summed E-state index contributed by atoms with van der Waals surface area (Å²) in [5.74, 6) is -0.113. The lowest BCUT2D eigenvalue weighted by Crippen LogP contribution is -2.23. The van der Waals surface area contributed by atoms with E-state index in [1.807, 2.05) is 40.9 Å². The number of rotatable bonds is 3. The van der Waals surface area contributed by atoms with Gasteiger partial charge >= 0.3 is 0 Å². The fourth-order valence-electron chi connectivity index (χ4n) is 1.97. The summed E-state index contributed by atoms with van der Waals surface area (Å²) >= 11 is 0. The molecule has 1 aromatic carbocycles. The van der Waals surface area contributed by atoms with E-state index in [1.54, 1.807) is 18.5 Å². The molecule has 2 aromatic heterocycles. The molecular formula is C15H14N4O. The number of nitrogens with zero attached hydrogens (tertiary/aromatic N) is 2. The molecule has 0 bridgehead atoms. The predicted molar refractivity (Wildman–Crippen MR) is 77.2 cm³/mol. The van der Waals surface area contributed by atoms with Crippen molar-refractivity contribution in [2.24, 2.45) is 0 Å². The molecule has 20 heavy (non-hydrogen) atoms. The highest BCUT2D eigenvalue weighted by atomic mass is 16.1. The minimum absolute atomic E-state index is 0.113. The summed E-state index contributed by atoms with van der Waals surface area (Å²) in [6.07, 6.45) is 5.28. The van der Waals surface area contributed by atoms with Crippen molar-refractivity contribution in [3.8, 4) is 0 Å². The number of aromatic nitrogens is 2. The van der Waals surface area contributed by atoms with Crippen LogP contribution in [0.4, 0.5) is 5.69 Å². The third-order valence-corrected chi connectivity index (χ3v) is 3.08. The second kappa shape index (κ2) is 5.05. The Morgan fingerprint density at radius 3 is 2.80 bits per heavy atom. The molecule has 0 saturated carbocycles. The molecule has 0 atom stereocenters. The average Bonchev–Trinajstić information content (AvgIpc) is 2.93. The largest absolute Gasteiger partial charge is 0.399 e. The van der Waals surface area contributed by atoms with E-state index in [-0.39, 0.29) is 5.91 Å². The van der Waals surface area contributed by atoms with Crippen LogP contribution in [0.25, 0.3) is 5.65 Å². The van der Waals surface area contributed by atoms with Crippen LogP contribution in [-0.4, -0.2) is 15.3 Å². The van der Waals surface area contributed by atoms with Gasteiger partial charge in [0.15, 0.2) is 0 Å². The van der Waals surface area contributed by atoms with E-state index in [0.29, 0.717) is 17.8 Å². The summed E-state index contributed by atoms with van der Waals surface area (Å²) in [6.45, 7) is 0.473. The van der Waals surface area contributed by atoms with Crippen molar-refractivity contribution in [1.29, 1.82) is 0 Å². The number of nitrogens with two attached hydrogens (primary N) is 1. The molecule has 0 aliphatic carbocycles. The van der Waals surface area contributed by atoms with Gasteiger partial charge in [-0.25, -0.2) is 4.98 Å². The molecule has 3 aromatic rings. The first-order chi connectivity index (χ1) is 9.72. The zero-order valence-electron chi connectivity index (χ0n) is 10.8. The van der Waals surface area contributed by atoms with Crippen LogP contribution >= 0.6 is 0 Å². The van der Waals surface area contributed by atoms with E-state index in [1.165, 1.54) is 0 Å². The van der Waals surface area contributed by atoms with Crippen LogP contribution in [0.5, 0.6) is 0 Å². The predicted octanol–water partition coefficient (Wildman–Crippen LogP) is 1.85. The average molecular weight is 266 g/mol.